The molecule has 22 heavy (non-hydrogen) atoms. The Morgan fingerprint density at radius 1 is 1.23 bits per heavy atom. The van der Waals surface area contributed by atoms with Crippen LogP contribution < -0.4 is 0 Å². The zero-order valence-electron chi connectivity index (χ0n) is 13.4. The van der Waals surface area contributed by atoms with E-state index in [2.05, 4.69) is 13.0 Å². The molecule has 0 aromatic carbocycles. The van der Waals surface area contributed by atoms with Crippen LogP contribution in [0.3, 0.4) is 0 Å². The third-order valence-corrected chi connectivity index (χ3v) is 7.57. The van der Waals surface area contributed by atoms with Crippen LogP contribution in [0, 0.1) is 28.6 Å². The molecule has 0 radical (unpaired) electrons. The maximum absolute atomic E-state index is 12.8. The van der Waals surface area contributed by atoms with Gasteiger partial charge in [0.05, 0.1) is 6.61 Å². The van der Waals surface area contributed by atoms with Crippen molar-refractivity contribution in [1.29, 1.82) is 0 Å². The van der Waals surface area contributed by atoms with Crippen molar-refractivity contribution < 1.29 is 14.7 Å². The zero-order valence-corrected chi connectivity index (χ0v) is 13.4. The molecular formula is C19H26O3. The number of fused-ring (bicyclic) bond motifs is 5. The van der Waals surface area contributed by atoms with E-state index in [4.69, 9.17) is 0 Å². The molecule has 0 aromatic heterocycles. The Kier molecular flexibility index (Phi) is 3.17. The van der Waals surface area contributed by atoms with E-state index in [0.29, 0.717) is 36.4 Å². The Bertz CT molecular complexity index is 563. The van der Waals surface area contributed by atoms with E-state index in [1.54, 1.807) is 0 Å². The fourth-order valence-corrected chi connectivity index (χ4v) is 6.41. The topological polar surface area (TPSA) is 54.4 Å². The molecule has 0 unspecified atom stereocenters. The Morgan fingerprint density at radius 2 is 2.05 bits per heavy atom. The highest BCUT2D eigenvalue weighted by Crippen LogP contribution is 2.63. The van der Waals surface area contributed by atoms with Gasteiger partial charge in [0.25, 0.3) is 0 Å². The van der Waals surface area contributed by atoms with Crippen LogP contribution in [0.15, 0.2) is 11.6 Å². The molecule has 0 aliphatic heterocycles. The van der Waals surface area contributed by atoms with E-state index >= 15 is 0 Å². The van der Waals surface area contributed by atoms with E-state index in [1.807, 2.05) is 0 Å². The summed E-state index contributed by atoms with van der Waals surface area (Å²) in [6, 6.07) is 0. The predicted octanol–water partition coefficient (Wildman–Crippen LogP) is 3.06. The first kappa shape index (κ1) is 14.6. The van der Waals surface area contributed by atoms with Crippen LogP contribution in [-0.2, 0) is 9.59 Å². The van der Waals surface area contributed by atoms with Gasteiger partial charge in [-0.1, -0.05) is 13.0 Å². The molecule has 1 N–H and O–H groups in total. The number of rotatable bonds is 1. The lowest BCUT2D eigenvalue weighted by Gasteiger charge is -2.56. The van der Waals surface area contributed by atoms with Crippen molar-refractivity contribution in [3.63, 3.8) is 0 Å². The summed E-state index contributed by atoms with van der Waals surface area (Å²) in [5, 5.41) is 10.2. The predicted molar refractivity (Wildman–Crippen MR) is 83.1 cm³/mol. The number of hydrogen-bond donors (Lipinski definition) is 1. The van der Waals surface area contributed by atoms with Gasteiger partial charge in [-0.05, 0) is 61.9 Å². The molecule has 5 atom stereocenters. The second-order valence-corrected chi connectivity index (χ2v) is 8.25. The molecule has 3 heteroatoms. The largest absolute Gasteiger partial charge is 0.395 e. The Hall–Kier alpha value is -0.960. The van der Waals surface area contributed by atoms with Crippen LogP contribution in [0.4, 0.5) is 0 Å². The summed E-state index contributed by atoms with van der Waals surface area (Å²) in [5.74, 6) is 1.71. The minimum atomic E-state index is -0.300. The van der Waals surface area contributed by atoms with Crippen LogP contribution in [0.25, 0.3) is 0 Å². The third kappa shape index (κ3) is 1.66. The van der Waals surface area contributed by atoms with Gasteiger partial charge in [-0.2, -0.15) is 0 Å². The van der Waals surface area contributed by atoms with E-state index in [9.17, 15) is 14.7 Å². The SMILES string of the molecule is C[C@]12CC[C@H]3[C@@H](CC(=O)C4=CCCC[C@@]43CO)[C@@H]1CCC2=O. The normalized spacial score (nSPS) is 47.5. The van der Waals surface area contributed by atoms with Crippen LogP contribution >= 0.6 is 0 Å². The highest BCUT2D eigenvalue weighted by Gasteiger charge is 2.61. The monoisotopic (exact) mass is 302 g/mol. The number of hydrogen-bond acceptors (Lipinski definition) is 3. The molecule has 0 aromatic rings. The molecule has 0 spiro atoms. The second kappa shape index (κ2) is 4.77. The van der Waals surface area contributed by atoms with Crippen LogP contribution in [0.2, 0.25) is 0 Å². The Morgan fingerprint density at radius 3 is 2.82 bits per heavy atom. The van der Waals surface area contributed by atoms with Gasteiger partial charge in [-0.3, -0.25) is 9.59 Å². The molecule has 0 bridgehead atoms. The van der Waals surface area contributed by atoms with Crippen molar-refractivity contribution in [2.75, 3.05) is 6.61 Å². The van der Waals surface area contributed by atoms with Crippen molar-refractivity contribution in [2.24, 2.45) is 28.6 Å². The Balaban J connectivity index is 1.77. The second-order valence-electron chi connectivity index (χ2n) is 8.25. The summed E-state index contributed by atoms with van der Waals surface area (Å²) in [7, 11) is 0. The van der Waals surface area contributed by atoms with Crippen LogP contribution in [0.5, 0.6) is 0 Å². The lowest BCUT2D eigenvalue weighted by Crippen LogP contribution is -2.54. The van der Waals surface area contributed by atoms with Crippen molar-refractivity contribution in [3.8, 4) is 0 Å². The first-order chi connectivity index (χ1) is 10.5. The summed E-state index contributed by atoms with van der Waals surface area (Å²) in [4.78, 5) is 25.1. The maximum atomic E-state index is 12.8. The van der Waals surface area contributed by atoms with Crippen LogP contribution in [0.1, 0.15) is 58.3 Å². The summed E-state index contributed by atoms with van der Waals surface area (Å²) >= 11 is 0. The lowest BCUT2D eigenvalue weighted by atomic mass is 9.47. The van der Waals surface area contributed by atoms with Crippen molar-refractivity contribution >= 4 is 11.6 Å². The number of ketones is 2. The van der Waals surface area contributed by atoms with E-state index < -0.39 is 0 Å². The van der Waals surface area contributed by atoms with Gasteiger partial charge in [0.1, 0.15) is 5.78 Å². The van der Waals surface area contributed by atoms with Gasteiger partial charge in [-0.25, -0.2) is 0 Å². The van der Waals surface area contributed by atoms with E-state index in [0.717, 1.165) is 44.1 Å². The number of aliphatic hydroxyl groups is 1. The molecular weight excluding hydrogens is 276 g/mol. The van der Waals surface area contributed by atoms with Crippen LogP contribution in [-0.4, -0.2) is 23.3 Å². The van der Waals surface area contributed by atoms with Crippen molar-refractivity contribution in [3.05, 3.63) is 11.6 Å². The van der Waals surface area contributed by atoms with E-state index in [-0.39, 0.29) is 23.2 Å². The minimum Gasteiger partial charge on any atom is -0.395 e. The fourth-order valence-electron chi connectivity index (χ4n) is 6.41. The van der Waals surface area contributed by atoms with Gasteiger partial charge in [0.2, 0.25) is 0 Å². The average molecular weight is 302 g/mol. The average Bonchev–Trinajstić information content (AvgIpc) is 2.83. The maximum Gasteiger partial charge on any atom is 0.159 e. The summed E-state index contributed by atoms with van der Waals surface area (Å²) < 4.78 is 0. The summed E-state index contributed by atoms with van der Waals surface area (Å²) in [5.41, 5.74) is 0.426. The number of carbonyl (C=O) groups is 2. The molecule has 4 rings (SSSR count). The van der Waals surface area contributed by atoms with E-state index in [1.165, 1.54) is 0 Å². The van der Waals surface area contributed by atoms with Gasteiger partial charge < -0.3 is 5.11 Å². The van der Waals surface area contributed by atoms with Gasteiger partial charge in [0, 0.05) is 23.7 Å². The first-order valence-electron chi connectivity index (χ1n) is 8.91. The smallest absolute Gasteiger partial charge is 0.159 e. The summed E-state index contributed by atoms with van der Waals surface area (Å²) in [6.45, 7) is 2.23. The number of allylic oxidation sites excluding steroid dienone is 1. The number of aliphatic hydroxyl groups excluding tert-OH is 1. The lowest BCUT2D eigenvalue weighted by molar-refractivity contribution is -0.140. The Labute approximate surface area is 132 Å². The molecule has 3 nitrogen and oxygen atoms in total. The van der Waals surface area contributed by atoms with Gasteiger partial charge >= 0.3 is 0 Å². The zero-order chi connectivity index (χ0) is 15.5. The molecule has 0 amide bonds. The van der Waals surface area contributed by atoms with Crippen molar-refractivity contribution in [2.45, 2.75) is 58.3 Å². The molecule has 4 aliphatic carbocycles. The summed E-state index contributed by atoms with van der Waals surface area (Å²) in [6.07, 6.45) is 9.27. The van der Waals surface area contributed by atoms with Gasteiger partial charge in [0.15, 0.2) is 5.78 Å². The number of carbonyl (C=O) groups excluding carboxylic acids is 2. The highest BCUT2D eigenvalue weighted by molar-refractivity contribution is 5.98. The quantitative estimate of drug-likeness (QED) is 0.810. The van der Waals surface area contributed by atoms with Crippen molar-refractivity contribution in [1.82, 2.24) is 0 Å². The molecule has 0 saturated heterocycles. The minimum absolute atomic E-state index is 0.100. The molecule has 3 saturated carbocycles. The third-order valence-electron chi connectivity index (χ3n) is 7.57. The fraction of sp³-hybridized carbons (Fsp3) is 0.789. The van der Waals surface area contributed by atoms with Gasteiger partial charge in [-0.15, -0.1) is 0 Å². The highest BCUT2D eigenvalue weighted by atomic mass is 16.3. The first-order valence-corrected chi connectivity index (χ1v) is 8.91. The molecule has 120 valence electrons. The molecule has 3 fully saturated rings. The standard InChI is InChI=1S/C19H26O3/c1-18-9-7-14-12(13(18)5-6-17(18)22)10-16(21)15-4-2-3-8-19(14,15)11-20/h4,12-14,20H,2-3,5-11H2,1H3/t12-,13-,14-,18-,19-/m0/s1. The molecule has 0 heterocycles. The number of Topliss-reactive ketones (excluding diaryl/α,β-unsaturated/α-hetero) is 2. The molecule has 4 aliphatic rings.